The standard InChI is InChI=1S/C38H41N3O10S/c1-7-49-35-13-10-27(20-33(35)40-31-17-28(37(43)47-4)16-29(18-31)38(44)48-5)24(3)50-22-51-36-12-9-26(23(2)42)19-32(36)39-30-11-8-25-14-15-41(34(25)21-30)52(6,45)46/h8-13,16-21,24,39-40H,7,14-15,22H2,1-6H3/t24-/m1/s1. The largest absolute Gasteiger partial charge is 0.492 e. The maximum Gasteiger partial charge on any atom is 0.337 e. The zero-order valence-electron chi connectivity index (χ0n) is 29.8. The van der Waals surface area contributed by atoms with Crippen molar-refractivity contribution in [2.45, 2.75) is 33.3 Å². The van der Waals surface area contributed by atoms with Crippen LogP contribution >= 0.6 is 0 Å². The van der Waals surface area contributed by atoms with Crippen LogP contribution in [0.15, 0.2) is 72.8 Å². The number of nitrogens with one attached hydrogen (secondary N) is 2. The number of ketones is 1. The van der Waals surface area contributed by atoms with Crippen molar-refractivity contribution in [2.24, 2.45) is 0 Å². The molecular formula is C38H41N3O10S. The fourth-order valence-electron chi connectivity index (χ4n) is 5.70. The monoisotopic (exact) mass is 731 g/mol. The van der Waals surface area contributed by atoms with E-state index < -0.39 is 28.1 Å². The molecule has 0 aromatic heterocycles. The average Bonchev–Trinajstić information content (AvgIpc) is 3.56. The molecule has 1 atom stereocenters. The van der Waals surface area contributed by atoms with Crippen LogP contribution in [0.2, 0.25) is 0 Å². The number of carbonyl (C=O) groups excluding carboxylic acids is 3. The second kappa shape index (κ2) is 16.2. The van der Waals surface area contributed by atoms with Gasteiger partial charge in [0, 0.05) is 23.5 Å². The molecule has 0 radical (unpaired) electrons. The van der Waals surface area contributed by atoms with Gasteiger partial charge in [0.1, 0.15) is 11.5 Å². The Balaban J connectivity index is 1.34. The maximum atomic E-state index is 12.3. The Morgan fingerprint density at radius 3 is 2.06 bits per heavy atom. The summed E-state index contributed by atoms with van der Waals surface area (Å²) in [6.45, 7) is 5.80. The van der Waals surface area contributed by atoms with Crippen LogP contribution < -0.4 is 24.4 Å². The Bertz CT molecular complexity index is 2070. The van der Waals surface area contributed by atoms with E-state index in [2.05, 4.69) is 10.6 Å². The van der Waals surface area contributed by atoms with Crippen LogP contribution in [0, 0.1) is 0 Å². The Kier molecular flexibility index (Phi) is 11.7. The lowest BCUT2D eigenvalue weighted by Crippen LogP contribution is -2.27. The third-order valence-electron chi connectivity index (χ3n) is 8.36. The van der Waals surface area contributed by atoms with E-state index in [1.807, 2.05) is 38.1 Å². The highest BCUT2D eigenvalue weighted by atomic mass is 32.2. The van der Waals surface area contributed by atoms with Crippen LogP contribution in [-0.4, -0.2) is 66.6 Å². The predicted molar refractivity (Wildman–Crippen MR) is 197 cm³/mol. The molecular weight excluding hydrogens is 690 g/mol. The van der Waals surface area contributed by atoms with Gasteiger partial charge in [-0.1, -0.05) is 12.1 Å². The van der Waals surface area contributed by atoms with Gasteiger partial charge in [-0.2, -0.15) is 0 Å². The van der Waals surface area contributed by atoms with Gasteiger partial charge in [-0.05, 0) is 99.0 Å². The Labute approximate surface area is 302 Å². The topological polar surface area (TPSA) is 159 Å². The smallest absolute Gasteiger partial charge is 0.337 e. The van der Waals surface area contributed by atoms with Crippen LogP contribution in [0.25, 0.3) is 0 Å². The minimum absolute atomic E-state index is 0.130. The van der Waals surface area contributed by atoms with E-state index in [0.29, 0.717) is 65.1 Å². The van der Waals surface area contributed by atoms with Crippen molar-refractivity contribution in [2.75, 3.05) is 55.4 Å². The molecule has 0 saturated carbocycles. The number of hydrogen-bond donors (Lipinski definition) is 2. The molecule has 52 heavy (non-hydrogen) atoms. The van der Waals surface area contributed by atoms with Gasteiger partial charge in [0.05, 0.1) is 61.4 Å². The van der Waals surface area contributed by atoms with E-state index in [1.165, 1.54) is 37.8 Å². The molecule has 1 heterocycles. The van der Waals surface area contributed by atoms with E-state index in [-0.39, 0.29) is 23.7 Å². The van der Waals surface area contributed by atoms with Gasteiger partial charge in [-0.15, -0.1) is 0 Å². The third-order valence-corrected chi connectivity index (χ3v) is 9.54. The minimum Gasteiger partial charge on any atom is -0.492 e. The van der Waals surface area contributed by atoms with Gasteiger partial charge in [0.2, 0.25) is 10.0 Å². The molecule has 13 nitrogen and oxygen atoms in total. The molecule has 2 N–H and O–H groups in total. The van der Waals surface area contributed by atoms with E-state index in [9.17, 15) is 22.8 Å². The molecule has 5 rings (SSSR count). The van der Waals surface area contributed by atoms with Crippen LogP contribution in [0.4, 0.5) is 28.4 Å². The SMILES string of the molecule is CCOc1ccc([C@@H](C)OCOc2ccc(C(C)=O)cc2Nc2ccc3c(c2)N(S(C)(=O)=O)CC3)cc1Nc1cc(C(=O)OC)cc(C(=O)OC)c1. The van der Waals surface area contributed by atoms with Gasteiger partial charge in [0.25, 0.3) is 0 Å². The third kappa shape index (κ3) is 8.82. The number of rotatable bonds is 15. The van der Waals surface area contributed by atoms with E-state index in [1.54, 1.807) is 42.5 Å². The second-order valence-electron chi connectivity index (χ2n) is 12.0. The maximum absolute atomic E-state index is 12.3. The number of anilines is 5. The number of nitrogens with zero attached hydrogens (tertiary/aromatic N) is 1. The summed E-state index contributed by atoms with van der Waals surface area (Å²) in [5.41, 5.74) is 5.21. The lowest BCUT2D eigenvalue weighted by Gasteiger charge is -2.20. The molecule has 0 amide bonds. The number of carbonyl (C=O) groups is 3. The van der Waals surface area contributed by atoms with Crippen molar-refractivity contribution in [3.05, 3.63) is 101 Å². The van der Waals surface area contributed by atoms with Crippen LogP contribution in [0.1, 0.15) is 69.1 Å². The number of fused-ring (bicyclic) bond motifs is 1. The summed E-state index contributed by atoms with van der Waals surface area (Å²) in [6.07, 6.45) is 1.34. The molecule has 1 aliphatic rings. The minimum atomic E-state index is -3.44. The first kappa shape index (κ1) is 37.7. The molecule has 0 fully saturated rings. The summed E-state index contributed by atoms with van der Waals surface area (Å²) in [5, 5.41) is 6.53. The summed E-state index contributed by atoms with van der Waals surface area (Å²) < 4.78 is 53.8. The molecule has 0 spiro atoms. The Morgan fingerprint density at radius 1 is 0.788 bits per heavy atom. The average molecular weight is 732 g/mol. The number of esters is 2. The van der Waals surface area contributed by atoms with Gasteiger partial charge in [-0.25, -0.2) is 18.0 Å². The normalized spacial score (nSPS) is 12.8. The highest BCUT2D eigenvalue weighted by Gasteiger charge is 2.26. The van der Waals surface area contributed by atoms with E-state index >= 15 is 0 Å². The molecule has 0 unspecified atom stereocenters. The molecule has 1 aliphatic heterocycles. The van der Waals surface area contributed by atoms with Crippen LogP contribution in [0.3, 0.4) is 0 Å². The lowest BCUT2D eigenvalue weighted by molar-refractivity contribution is -0.0290. The van der Waals surface area contributed by atoms with E-state index in [0.717, 1.165) is 11.1 Å². The van der Waals surface area contributed by atoms with Crippen molar-refractivity contribution in [3.63, 3.8) is 0 Å². The van der Waals surface area contributed by atoms with E-state index in [4.69, 9.17) is 23.7 Å². The lowest BCUT2D eigenvalue weighted by atomic mass is 10.1. The molecule has 4 aromatic carbocycles. The first-order valence-electron chi connectivity index (χ1n) is 16.4. The van der Waals surface area contributed by atoms with Gasteiger partial charge in [-0.3, -0.25) is 9.10 Å². The highest BCUT2D eigenvalue weighted by Crippen LogP contribution is 2.37. The fraction of sp³-hybridized carbons (Fsp3) is 0.289. The van der Waals surface area contributed by atoms with Crippen molar-refractivity contribution in [3.8, 4) is 11.5 Å². The number of benzene rings is 4. The van der Waals surface area contributed by atoms with Gasteiger partial charge in [0.15, 0.2) is 12.6 Å². The Hall–Kier alpha value is -5.60. The molecule has 14 heteroatoms. The van der Waals surface area contributed by atoms with Gasteiger partial charge < -0.3 is 34.3 Å². The van der Waals surface area contributed by atoms with Crippen molar-refractivity contribution >= 4 is 56.2 Å². The second-order valence-corrected chi connectivity index (χ2v) is 13.9. The summed E-state index contributed by atoms with van der Waals surface area (Å²) in [7, 11) is -0.927. The zero-order chi connectivity index (χ0) is 37.6. The van der Waals surface area contributed by atoms with Gasteiger partial charge >= 0.3 is 11.9 Å². The van der Waals surface area contributed by atoms with Crippen LogP contribution in [0.5, 0.6) is 11.5 Å². The van der Waals surface area contributed by atoms with Crippen molar-refractivity contribution < 1.29 is 46.5 Å². The molecule has 4 aromatic rings. The highest BCUT2D eigenvalue weighted by molar-refractivity contribution is 7.92. The number of sulfonamides is 1. The summed E-state index contributed by atoms with van der Waals surface area (Å²) >= 11 is 0. The van der Waals surface area contributed by atoms with Crippen molar-refractivity contribution in [1.82, 2.24) is 0 Å². The molecule has 0 saturated heterocycles. The fourth-order valence-corrected chi connectivity index (χ4v) is 6.65. The van der Waals surface area contributed by atoms with Crippen LogP contribution in [-0.2, 0) is 30.7 Å². The first-order chi connectivity index (χ1) is 24.8. The molecule has 274 valence electrons. The Morgan fingerprint density at radius 2 is 1.42 bits per heavy atom. The quantitative estimate of drug-likeness (QED) is 0.0751. The number of hydrogen-bond acceptors (Lipinski definition) is 12. The number of ether oxygens (including phenoxy) is 5. The van der Waals surface area contributed by atoms with Crippen molar-refractivity contribution in [1.29, 1.82) is 0 Å². The predicted octanol–water partition coefficient (Wildman–Crippen LogP) is 6.78. The number of methoxy groups -OCH3 is 2. The summed E-state index contributed by atoms with van der Waals surface area (Å²) in [4.78, 5) is 36.9. The molecule has 0 aliphatic carbocycles. The zero-order valence-corrected chi connectivity index (χ0v) is 30.6. The summed E-state index contributed by atoms with van der Waals surface area (Å²) in [5.74, 6) is -0.413. The molecule has 0 bridgehead atoms. The summed E-state index contributed by atoms with van der Waals surface area (Å²) in [6, 6.07) is 20.5. The number of Topliss-reactive ketones (excluding diaryl/α,β-unsaturated/α-hetero) is 1. The first-order valence-corrected chi connectivity index (χ1v) is 18.3.